The van der Waals surface area contributed by atoms with Gasteiger partial charge >= 0.3 is 0 Å². The number of fused-ring (bicyclic) bond motifs is 1. The van der Waals surface area contributed by atoms with Crippen LogP contribution in [0.25, 0.3) is 17.0 Å². The Morgan fingerprint density at radius 2 is 1.68 bits per heavy atom. The molecular weight excluding hydrogens is 374 g/mol. The molecule has 0 fully saturated rings. The van der Waals surface area contributed by atoms with E-state index in [0.29, 0.717) is 23.7 Å². The van der Waals surface area contributed by atoms with E-state index in [1.54, 1.807) is 4.52 Å². The first kappa shape index (κ1) is 18.1. The summed E-state index contributed by atoms with van der Waals surface area (Å²) in [5.74, 6) is 1.48. The fourth-order valence-corrected chi connectivity index (χ4v) is 3.44. The first-order chi connectivity index (χ1) is 13.5. The van der Waals surface area contributed by atoms with Crippen LogP contribution in [0.4, 0.5) is 11.5 Å². The molecule has 0 aliphatic heterocycles. The van der Waals surface area contributed by atoms with Crippen LogP contribution < -0.4 is 5.32 Å². The lowest BCUT2D eigenvalue weighted by atomic mass is 10.1. The number of aryl methyl sites for hydroxylation is 1. The van der Waals surface area contributed by atoms with Gasteiger partial charge in [0.15, 0.2) is 17.3 Å². The second-order valence-electron chi connectivity index (χ2n) is 6.58. The molecule has 28 heavy (non-hydrogen) atoms. The van der Waals surface area contributed by atoms with Crippen molar-refractivity contribution in [2.45, 2.75) is 6.42 Å². The standard InChI is InChI=1S/C20H19N5O2S/c1-28(26,27)14-13-15-7-9-17(10-8-15)21-18-11-12-19-22-23-20(25(19)24-18)16-5-3-2-4-6-16/h2-12H,13-14H2,1H3,(H,21,24). The summed E-state index contributed by atoms with van der Waals surface area (Å²) >= 11 is 0. The summed E-state index contributed by atoms with van der Waals surface area (Å²) in [6, 6.07) is 21.1. The maximum absolute atomic E-state index is 11.3. The van der Waals surface area contributed by atoms with Crippen molar-refractivity contribution in [3.05, 3.63) is 72.3 Å². The maximum Gasteiger partial charge on any atom is 0.185 e. The van der Waals surface area contributed by atoms with Crippen molar-refractivity contribution < 1.29 is 8.42 Å². The number of nitrogens with one attached hydrogen (secondary N) is 1. The first-order valence-corrected chi connectivity index (χ1v) is 10.9. The van der Waals surface area contributed by atoms with Crippen LogP contribution in [0, 0.1) is 0 Å². The van der Waals surface area contributed by atoms with Gasteiger partial charge in [-0.2, -0.15) is 4.52 Å². The summed E-state index contributed by atoms with van der Waals surface area (Å²) < 4.78 is 24.3. The predicted molar refractivity (Wildman–Crippen MR) is 109 cm³/mol. The number of aromatic nitrogens is 4. The Balaban J connectivity index is 1.55. The number of anilines is 2. The van der Waals surface area contributed by atoms with E-state index in [-0.39, 0.29) is 5.75 Å². The number of benzene rings is 2. The van der Waals surface area contributed by atoms with Crippen molar-refractivity contribution in [1.29, 1.82) is 0 Å². The van der Waals surface area contributed by atoms with E-state index >= 15 is 0 Å². The van der Waals surface area contributed by atoms with Crippen molar-refractivity contribution in [1.82, 2.24) is 19.8 Å². The molecule has 0 amide bonds. The molecule has 8 heteroatoms. The third kappa shape index (κ3) is 4.17. The zero-order chi connectivity index (χ0) is 19.6. The Hall–Kier alpha value is -3.26. The van der Waals surface area contributed by atoms with Gasteiger partial charge in [0, 0.05) is 17.5 Å². The molecule has 0 unspecified atom stereocenters. The zero-order valence-corrected chi connectivity index (χ0v) is 16.1. The molecule has 2 aromatic heterocycles. The fraction of sp³-hybridized carbons (Fsp3) is 0.150. The van der Waals surface area contributed by atoms with E-state index in [1.165, 1.54) is 6.26 Å². The maximum atomic E-state index is 11.3. The summed E-state index contributed by atoms with van der Waals surface area (Å²) in [7, 11) is -2.96. The Bertz CT molecular complexity index is 1200. The Morgan fingerprint density at radius 1 is 0.929 bits per heavy atom. The fourth-order valence-electron chi connectivity index (χ4n) is 2.83. The molecule has 7 nitrogen and oxygen atoms in total. The summed E-state index contributed by atoms with van der Waals surface area (Å²) in [6.45, 7) is 0. The van der Waals surface area contributed by atoms with Crippen molar-refractivity contribution in [3.8, 4) is 11.4 Å². The Morgan fingerprint density at radius 3 is 2.39 bits per heavy atom. The van der Waals surface area contributed by atoms with Crippen LogP contribution in [-0.4, -0.2) is 40.2 Å². The molecule has 0 radical (unpaired) electrons. The van der Waals surface area contributed by atoms with Crippen LogP contribution in [0.2, 0.25) is 0 Å². The van der Waals surface area contributed by atoms with Crippen LogP contribution in [0.15, 0.2) is 66.7 Å². The van der Waals surface area contributed by atoms with E-state index < -0.39 is 9.84 Å². The monoisotopic (exact) mass is 393 g/mol. The highest BCUT2D eigenvalue weighted by molar-refractivity contribution is 7.90. The van der Waals surface area contributed by atoms with E-state index in [2.05, 4.69) is 20.6 Å². The summed E-state index contributed by atoms with van der Waals surface area (Å²) in [6.07, 6.45) is 1.75. The smallest absolute Gasteiger partial charge is 0.185 e. The van der Waals surface area contributed by atoms with Gasteiger partial charge in [-0.25, -0.2) is 8.42 Å². The molecule has 0 spiro atoms. The molecule has 2 heterocycles. The highest BCUT2D eigenvalue weighted by atomic mass is 32.2. The SMILES string of the molecule is CS(=O)(=O)CCc1ccc(Nc2ccc3nnc(-c4ccccc4)n3n2)cc1. The Labute approximate surface area is 163 Å². The van der Waals surface area contributed by atoms with Gasteiger partial charge in [0.1, 0.15) is 9.84 Å². The lowest BCUT2D eigenvalue weighted by molar-refractivity contribution is 0.601. The van der Waals surface area contributed by atoms with Crippen LogP contribution in [0.3, 0.4) is 0 Å². The minimum Gasteiger partial charge on any atom is -0.339 e. The minimum atomic E-state index is -2.96. The quantitative estimate of drug-likeness (QED) is 0.541. The molecule has 0 aliphatic carbocycles. The number of hydrogen-bond acceptors (Lipinski definition) is 6. The van der Waals surface area contributed by atoms with Crippen LogP contribution >= 0.6 is 0 Å². The highest BCUT2D eigenvalue weighted by Gasteiger charge is 2.10. The van der Waals surface area contributed by atoms with Gasteiger partial charge in [-0.15, -0.1) is 15.3 Å². The van der Waals surface area contributed by atoms with E-state index in [0.717, 1.165) is 16.8 Å². The molecule has 0 saturated heterocycles. The summed E-state index contributed by atoms with van der Waals surface area (Å²) in [5.41, 5.74) is 3.45. The number of sulfone groups is 1. The molecule has 1 N–H and O–H groups in total. The summed E-state index contributed by atoms with van der Waals surface area (Å²) in [4.78, 5) is 0. The number of nitrogens with zero attached hydrogens (tertiary/aromatic N) is 4. The van der Waals surface area contributed by atoms with Crippen LogP contribution in [0.1, 0.15) is 5.56 Å². The normalized spacial score (nSPS) is 11.6. The molecule has 0 aliphatic rings. The molecule has 2 aromatic carbocycles. The van der Waals surface area contributed by atoms with Crippen molar-refractivity contribution in [3.63, 3.8) is 0 Å². The predicted octanol–water partition coefficient (Wildman–Crippen LogP) is 3.12. The molecule has 142 valence electrons. The van der Waals surface area contributed by atoms with Gasteiger partial charge in [-0.05, 0) is 36.2 Å². The second kappa shape index (κ2) is 7.40. The zero-order valence-electron chi connectivity index (χ0n) is 15.3. The van der Waals surface area contributed by atoms with Gasteiger partial charge in [-0.3, -0.25) is 0 Å². The van der Waals surface area contributed by atoms with Gasteiger partial charge in [0.05, 0.1) is 5.75 Å². The molecule has 0 saturated carbocycles. The minimum absolute atomic E-state index is 0.147. The van der Waals surface area contributed by atoms with E-state index in [1.807, 2.05) is 66.7 Å². The lowest BCUT2D eigenvalue weighted by Crippen LogP contribution is -2.05. The van der Waals surface area contributed by atoms with Gasteiger partial charge in [-0.1, -0.05) is 42.5 Å². The van der Waals surface area contributed by atoms with Crippen molar-refractivity contribution in [2.75, 3.05) is 17.3 Å². The van der Waals surface area contributed by atoms with Crippen molar-refractivity contribution in [2.24, 2.45) is 0 Å². The molecule has 0 bridgehead atoms. The third-order valence-corrected chi connectivity index (χ3v) is 5.23. The largest absolute Gasteiger partial charge is 0.339 e. The highest BCUT2D eigenvalue weighted by Crippen LogP contribution is 2.20. The number of hydrogen-bond donors (Lipinski definition) is 1. The van der Waals surface area contributed by atoms with Gasteiger partial charge < -0.3 is 5.32 Å². The van der Waals surface area contributed by atoms with E-state index in [9.17, 15) is 8.42 Å². The lowest BCUT2D eigenvalue weighted by Gasteiger charge is -2.08. The Kier molecular flexibility index (Phi) is 4.79. The average Bonchev–Trinajstić information content (AvgIpc) is 3.11. The van der Waals surface area contributed by atoms with Crippen molar-refractivity contribution >= 4 is 27.0 Å². The van der Waals surface area contributed by atoms with Gasteiger partial charge in [0.2, 0.25) is 0 Å². The average molecular weight is 393 g/mol. The molecule has 0 atom stereocenters. The third-order valence-electron chi connectivity index (χ3n) is 4.28. The molecule has 4 aromatic rings. The molecule has 4 rings (SSSR count). The van der Waals surface area contributed by atoms with Gasteiger partial charge in [0.25, 0.3) is 0 Å². The summed E-state index contributed by atoms with van der Waals surface area (Å²) in [5, 5.41) is 16.3. The molecular formula is C20H19N5O2S. The number of rotatable bonds is 6. The van der Waals surface area contributed by atoms with Crippen LogP contribution in [0.5, 0.6) is 0 Å². The topological polar surface area (TPSA) is 89.2 Å². The van der Waals surface area contributed by atoms with E-state index in [4.69, 9.17) is 0 Å². The second-order valence-corrected chi connectivity index (χ2v) is 8.84. The first-order valence-electron chi connectivity index (χ1n) is 8.79. The van der Waals surface area contributed by atoms with Crippen LogP contribution in [-0.2, 0) is 16.3 Å².